The molecule has 0 aromatic carbocycles. The number of hydrogen-bond acceptors (Lipinski definition) is 4. The zero-order valence-corrected chi connectivity index (χ0v) is 16.6. The standard InChI is InChI=1S/C23H23FN4O2/c24-17-2-4-26-19(6-17)20(29)27-22-7-14-5-15(8-22)10-23(9-14,13-22)28-12-16-1-3-25-11-18(16)21(28)30/h2-4,6,11-12,14-15H,1,5,7-10,13H2,(H,27,29). The van der Waals surface area contributed by atoms with Crippen LogP contribution in [0.2, 0.25) is 0 Å². The molecule has 4 fully saturated rings. The Kier molecular flexibility index (Phi) is 3.65. The largest absolute Gasteiger partial charge is 0.345 e. The molecule has 1 aromatic rings. The molecule has 0 radical (unpaired) electrons. The second-order valence-corrected chi connectivity index (χ2v) is 9.69. The first-order valence-corrected chi connectivity index (χ1v) is 10.7. The predicted molar refractivity (Wildman–Crippen MR) is 108 cm³/mol. The lowest BCUT2D eigenvalue weighted by Crippen LogP contribution is -2.69. The lowest BCUT2D eigenvalue weighted by molar-refractivity contribution is -0.141. The SMILES string of the molecule is O=C(NC12CC3CC(C1)CC(N1C=C4CC=NC=C4C1=O)(C3)C2)c1cc(F)ccn1. The molecule has 6 aliphatic rings. The van der Waals surface area contributed by atoms with Crippen molar-refractivity contribution in [3.8, 4) is 0 Å². The van der Waals surface area contributed by atoms with Gasteiger partial charge in [-0.1, -0.05) is 0 Å². The molecule has 4 aliphatic carbocycles. The van der Waals surface area contributed by atoms with Gasteiger partial charge in [0, 0.05) is 42.8 Å². The van der Waals surface area contributed by atoms with Gasteiger partial charge in [-0.05, 0) is 62.0 Å². The zero-order valence-electron chi connectivity index (χ0n) is 16.6. The molecule has 4 bridgehead atoms. The minimum absolute atomic E-state index is 0.0390. The van der Waals surface area contributed by atoms with E-state index >= 15 is 0 Å². The Balaban J connectivity index is 1.32. The Morgan fingerprint density at radius 3 is 2.77 bits per heavy atom. The molecular weight excluding hydrogens is 383 g/mol. The number of aromatic nitrogens is 1. The van der Waals surface area contributed by atoms with Crippen LogP contribution in [0.25, 0.3) is 0 Å². The third-order valence-electron chi connectivity index (χ3n) is 7.57. The minimum atomic E-state index is -0.468. The molecule has 0 spiro atoms. The van der Waals surface area contributed by atoms with Crippen LogP contribution in [0.4, 0.5) is 4.39 Å². The molecule has 2 aliphatic heterocycles. The van der Waals surface area contributed by atoms with Crippen LogP contribution in [0.1, 0.15) is 55.4 Å². The molecule has 2 unspecified atom stereocenters. The van der Waals surface area contributed by atoms with Gasteiger partial charge in [0.1, 0.15) is 11.5 Å². The fraction of sp³-hybridized carbons (Fsp3) is 0.478. The minimum Gasteiger partial charge on any atom is -0.345 e. The maximum Gasteiger partial charge on any atom is 0.270 e. The second-order valence-electron chi connectivity index (χ2n) is 9.69. The summed E-state index contributed by atoms with van der Waals surface area (Å²) in [5.74, 6) is 0.196. The summed E-state index contributed by atoms with van der Waals surface area (Å²) in [6.45, 7) is 0. The number of nitrogens with zero attached hydrogens (tertiary/aromatic N) is 3. The number of rotatable bonds is 3. The van der Waals surface area contributed by atoms with E-state index in [9.17, 15) is 14.0 Å². The van der Waals surface area contributed by atoms with Gasteiger partial charge in [-0.25, -0.2) is 4.39 Å². The monoisotopic (exact) mass is 406 g/mol. The maximum absolute atomic E-state index is 13.6. The third kappa shape index (κ3) is 2.60. The van der Waals surface area contributed by atoms with E-state index in [4.69, 9.17) is 0 Å². The number of fused-ring (bicyclic) bond motifs is 1. The van der Waals surface area contributed by atoms with Crippen LogP contribution in [0.5, 0.6) is 0 Å². The highest BCUT2D eigenvalue weighted by atomic mass is 19.1. The van der Waals surface area contributed by atoms with E-state index in [1.54, 1.807) is 6.20 Å². The smallest absolute Gasteiger partial charge is 0.270 e. The van der Waals surface area contributed by atoms with E-state index in [1.807, 2.05) is 17.3 Å². The summed E-state index contributed by atoms with van der Waals surface area (Å²) < 4.78 is 13.6. The van der Waals surface area contributed by atoms with Crippen LogP contribution in [0, 0.1) is 17.7 Å². The first kappa shape index (κ1) is 18.0. The second kappa shape index (κ2) is 6.09. The van der Waals surface area contributed by atoms with Crippen LogP contribution in [0.3, 0.4) is 0 Å². The van der Waals surface area contributed by atoms with E-state index in [2.05, 4.69) is 15.3 Å². The summed E-state index contributed by atoms with van der Waals surface area (Å²) in [7, 11) is 0. The lowest BCUT2D eigenvalue weighted by Gasteiger charge is -2.64. The highest BCUT2D eigenvalue weighted by Crippen LogP contribution is 2.60. The topological polar surface area (TPSA) is 74.7 Å². The van der Waals surface area contributed by atoms with E-state index in [1.165, 1.54) is 18.3 Å². The number of aliphatic imine (C=N–C) groups is 1. The molecule has 2 atom stereocenters. The number of nitrogens with one attached hydrogen (secondary N) is 1. The zero-order chi connectivity index (χ0) is 20.5. The van der Waals surface area contributed by atoms with Gasteiger partial charge in [0.15, 0.2) is 0 Å². The van der Waals surface area contributed by atoms with Crippen LogP contribution in [0.15, 0.2) is 46.9 Å². The molecular formula is C23H23FN4O2. The lowest BCUT2D eigenvalue weighted by atomic mass is 9.49. The normalized spacial score (nSPS) is 35.9. The van der Waals surface area contributed by atoms with E-state index < -0.39 is 5.82 Å². The molecule has 0 saturated heterocycles. The Morgan fingerprint density at radius 1 is 1.23 bits per heavy atom. The van der Waals surface area contributed by atoms with Crippen molar-refractivity contribution >= 4 is 18.0 Å². The Hall–Kier alpha value is -2.83. The number of carbonyl (C=O) groups excluding carboxylic acids is 2. The molecule has 30 heavy (non-hydrogen) atoms. The average Bonchev–Trinajstić information content (AvgIpc) is 3.04. The summed E-state index contributed by atoms with van der Waals surface area (Å²) in [6, 6.07) is 2.41. The Morgan fingerprint density at radius 2 is 2.03 bits per heavy atom. The van der Waals surface area contributed by atoms with Crippen molar-refractivity contribution < 1.29 is 14.0 Å². The van der Waals surface area contributed by atoms with Crippen molar-refractivity contribution in [2.45, 2.75) is 56.0 Å². The first-order chi connectivity index (χ1) is 14.5. The first-order valence-electron chi connectivity index (χ1n) is 10.7. The molecule has 1 N–H and O–H groups in total. The molecule has 7 heteroatoms. The van der Waals surface area contributed by atoms with Gasteiger partial charge in [0.2, 0.25) is 0 Å². The molecule has 3 heterocycles. The summed E-state index contributed by atoms with van der Waals surface area (Å²) in [5, 5.41) is 3.23. The van der Waals surface area contributed by atoms with Gasteiger partial charge in [-0.2, -0.15) is 0 Å². The van der Waals surface area contributed by atoms with Crippen molar-refractivity contribution in [1.29, 1.82) is 0 Å². The van der Waals surface area contributed by atoms with Gasteiger partial charge in [0.05, 0.1) is 11.1 Å². The third-order valence-corrected chi connectivity index (χ3v) is 7.57. The van der Waals surface area contributed by atoms with Crippen molar-refractivity contribution in [1.82, 2.24) is 15.2 Å². The highest BCUT2D eigenvalue weighted by Gasteiger charge is 2.61. The van der Waals surface area contributed by atoms with Crippen LogP contribution in [-0.4, -0.2) is 39.0 Å². The summed E-state index contributed by atoms with van der Waals surface area (Å²) in [6.07, 6.45) is 13.2. The number of amides is 2. The highest BCUT2D eigenvalue weighted by molar-refractivity contribution is 6.03. The van der Waals surface area contributed by atoms with Gasteiger partial charge in [-0.3, -0.25) is 19.6 Å². The number of halogens is 1. The van der Waals surface area contributed by atoms with Crippen molar-refractivity contribution in [2.24, 2.45) is 16.8 Å². The summed E-state index contributed by atoms with van der Waals surface area (Å²) in [5.41, 5.74) is 1.21. The Bertz CT molecular complexity index is 1050. The Labute approximate surface area is 174 Å². The number of hydrogen-bond donors (Lipinski definition) is 1. The average molecular weight is 406 g/mol. The molecule has 1 aromatic heterocycles. The van der Waals surface area contributed by atoms with Crippen molar-refractivity contribution in [3.63, 3.8) is 0 Å². The van der Waals surface area contributed by atoms with E-state index in [0.29, 0.717) is 23.8 Å². The van der Waals surface area contributed by atoms with Crippen LogP contribution < -0.4 is 5.32 Å². The van der Waals surface area contributed by atoms with Crippen LogP contribution in [-0.2, 0) is 4.79 Å². The quantitative estimate of drug-likeness (QED) is 0.838. The number of pyridine rings is 1. The fourth-order valence-electron chi connectivity index (χ4n) is 6.96. The van der Waals surface area contributed by atoms with Crippen molar-refractivity contribution in [2.75, 3.05) is 0 Å². The maximum atomic E-state index is 13.6. The van der Waals surface area contributed by atoms with E-state index in [-0.39, 0.29) is 28.6 Å². The molecule has 154 valence electrons. The molecule has 6 nitrogen and oxygen atoms in total. The number of carbonyl (C=O) groups is 2. The fourth-order valence-corrected chi connectivity index (χ4v) is 6.96. The van der Waals surface area contributed by atoms with Crippen LogP contribution >= 0.6 is 0 Å². The summed E-state index contributed by atoms with van der Waals surface area (Å²) >= 11 is 0. The summed E-state index contributed by atoms with van der Waals surface area (Å²) in [4.78, 5) is 36.3. The van der Waals surface area contributed by atoms with Gasteiger partial charge in [-0.15, -0.1) is 0 Å². The molecule has 4 saturated carbocycles. The molecule has 7 rings (SSSR count). The van der Waals surface area contributed by atoms with Gasteiger partial charge in [0.25, 0.3) is 11.8 Å². The van der Waals surface area contributed by atoms with Gasteiger partial charge >= 0.3 is 0 Å². The van der Waals surface area contributed by atoms with E-state index in [0.717, 1.165) is 44.1 Å². The van der Waals surface area contributed by atoms with Crippen molar-refractivity contribution in [3.05, 3.63) is 53.4 Å². The predicted octanol–water partition coefficient (Wildman–Crippen LogP) is 3.13. The molecule has 2 amide bonds. The van der Waals surface area contributed by atoms with Gasteiger partial charge < -0.3 is 10.2 Å².